The summed E-state index contributed by atoms with van der Waals surface area (Å²) in [6.07, 6.45) is 3.22. The minimum absolute atomic E-state index is 0.240. The van der Waals surface area contributed by atoms with Crippen molar-refractivity contribution in [3.05, 3.63) is 53.8 Å². The molecular weight excluding hydrogens is 320 g/mol. The number of aromatic nitrogens is 4. The monoisotopic (exact) mass is 340 g/mol. The number of nitrogens with zero attached hydrogens (tertiary/aromatic N) is 4. The molecule has 8 heteroatoms. The van der Waals surface area contributed by atoms with Crippen LogP contribution in [0.3, 0.4) is 0 Å². The smallest absolute Gasteiger partial charge is 0.287 e. The maximum absolute atomic E-state index is 11.8. The van der Waals surface area contributed by atoms with E-state index in [4.69, 9.17) is 4.42 Å². The summed E-state index contributed by atoms with van der Waals surface area (Å²) in [5.74, 6) is 2.17. The lowest BCUT2D eigenvalue weighted by Crippen LogP contribution is -2.28. The maximum Gasteiger partial charge on any atom is 0.287 e. The van der Waals surface area contributed by atoms with Crippen molar-refractivity contribution in [1.82, 2.24) is 24.8 Å². The Bertz CT molecular complexity index is 869. The van der Waals surface area contributed by atoms with Gasteiger partial charge < -0.3 is 15.1 Å². The summed E-state index contributed by atoms with van der Waals surface area (Å²) >= 11 is 0. The van der Waals surface area contributed by atoms with Crippen molar-refractivity contribution in [2.75, 3.05) is 18.4 Å². The predicted molar refractivity (Wildman–Crippen MR) is 92.9 cm³/mol. The fraction of sp³-hybridized carbons (Fsp3) is 0.294. The molecule has 25 heavy (non-hydrogen) atoms. The largest absolute Gasteiger partial charge is 0.459 e. The van der Waals surface area contributed by atoms with E-state index in [0.717, 1.165) is 17.2 Å². The average molecular weight is 340 g/mol. The van der Waals surface area contributed by atoms with Crippen LogP contribution in [0.2, 0.25) is 0 Å². The number of rotatable bonds is 6. The summed E-state index contributed by atoms with van der Waals surface area (Å²) in [6.45, 7) is 6.77. The van der Waals surface area contributed by atoms with Crippen LogP contribution in [-0.4, -0.2) is 38.5 Å². The molecule has 0 aromatic carbocycles. The number of hydrogen-bond donors (Lipinski definition) is 2. The first-order valence-electron chi connectivity index (χ1n) is 7.97. The van der Waals surface area contributed by atoms with Gasteiger partial charge in [-0.15, -0.1) is 0 Å². The molecule has 0 aliphatic carbocycles. The molecule has 0 saturated heterocycles. The highest BCUT2D eigenvalue weighted by atomic mass is 16.3. The van der Waals surface area contributed by atoms with Gasteiger partial charge in [-0.2, -0.15) is 0 Å². The third-order valence-electron chi connectivity index (χ3n) is 3.78. The molecular formula is C17H20N6O2. The minimum Gasteiger partial charge on any atom is -0.459 e. The van der Waals surface area contributed by atoms with Crippen LogP contribution in [-0.2, 0) is 0 Å². The normalized spacial score (nSPS) is 10.7. The van der Waals surface area contributed by atoms with Crippen molar-refractivity contribution in [3.8, 4) is 5.82 Å². The van der Waals surface area contributed by atoms with Crippen LogP contribution >= 0.6 is 0 Å². The number of carbonyl (C=O) groups is 1. The Morgan fingerprint density at radius 2 is 2.08 bits per heavy atom. The quantitative estimate of drug-likeness (QED) is 0.666. The van der Waals surface area contributed by atoms with Crippen LogP contribution in [0.1, 0.15) is 27.8 Å². The molecule has 0 saturated carbocycles. The molecule has 0 bridgehead atoms. The molecule has 0 atom stereocenters. The number of aryl methyl sites for hydroxylation is 2. The van der Waals surface area contributed by atoms with Gasteiger partial charge in [-0.3, -0.25) is 9.36 Å². The molecule has 0 fully saturated rings. The number of amides is 1. The van der Waals surface area contributed by atoms with Crippen molar-refractivity contribution < 1.29 is 9.21 Å². The molecule has 3 aromatic rings. The molecule has 2 N–H and O–H groups in total. The molecule has 3 rings (SSSR count). The van der Waals surface area contributed by atoms with Gasteiger partial charge in [0, 0.05) is 24.8 Å². The Balaban J connectivity index is 1.61. The topological polar surface area (TPSA) is 97.9 Å². The van der Waals surface area contributed by atoms with Gasteiger partial charge in [0.05, 0.1) is 12.0 Å². The van der Waals surface area contributed by atoms with Gasteiger partial charge in [0.1, 0.15) is 23.8 Å². The Morgan fingerprint density at radius 1 is 1.24 bits per heavy atom. The SMILES string of the molecule is Cc1nc(NCCNC(=O)c2ccco2)cc(-n2cnc(C)c2C)n1. The molecule has 1 amide bonds. The molecule has 0 spiro atoms. The molecule has 130 valence electrons. The van der Waals surface area contributed by atoms with E-state index in [-0.39, 0.29) is 5.91 Å². The second-order valence-corrected chi connectivity index (χ2v) is 5.60. The Kier molecular flexibility index (Phi) is 4.78. The van der Waals surface area contributed by atoms with E-state index in [0.29, 0.717) is 30.5 Å². The minimum atomic E-state index is -0.240. The van der Waals surface area contributed by atoms with Gasteiger partial charge in [0.2, 0.25) is 0 Å². The van der Waals surface area contributed by atoms with E-state index in [2.05, 4.69) is 25.6 Å². The van der Waals surface area contributed by atoms with Crippen LogP contribution in [0.5, 0.6) is 0 Å². The summed E-state index contributed by atoms with van der Waals surface area (Å²) in [7, 11) is 0. The van der Waals surface area contributed by atoms with Crippen molar-refractivity contribution in [2.45, 2.75) is 20.8 Å². The third kappa shape index (κ3) is 3.85. The van der Waals surface area contributed by atoms with E-state index >= 15 is 0 Å². The van der Waals surface area contributed by atoms with Gasteiger partial charge in [0.25, 0.3) is 5.91 Å². The van der Waals surface area contributed by atoms with E-state index in [9.17, 15) is 4.79 Å². The standard InChI is InChI=1S/C17H20N6O2/c1-11-12(2)23(10-20-11)16-9-15(21-13(3)22-16)18-6-7-19-17(24)14-5-4-8-25-14/h4-5,8-10H,6-7H2,1-3H3,(H,19,24)(H,18,21,22). The number of imidazole rings is 1. The molecule has 0 radical (unpaired) electrons. The number of furan rings is 1. The van der Waals surface area contributed by atoms with E-state index in [1.165, 1.54) is 6.26 Å². The number of carbonyl (C=O) groups excluding carboxylic acids is 1. The molecule has 0 aliphatic heterocycles. The molecule has 0 aliphatic rings. The summed E-state index contributed by atoms with van der Waals surface area (Å²) in [5.41, 5.74) is 2.00. The maximum atomic E-state index is 11.8. The van der Waals surface area contributed by atoms with Crippen molar-refractivity contribution in [3.63, 3.8) is 0 Å². The Morgan fingerprint density at radius 3 is 2.76 bits per heavy atom. The van der Waals surface area contributed by atoms with Crippen LogP contribution in [0, 0.1) is 20.8 Å². The van der Waals surface area contributed by atoms with Crippen molar-refractivity contribution in [1.29, 1.82) is 0 Å². The highest BCUT2D eigenvalue weighted by molar-refractivity contribution is 5.91. The number of hydrogen-bond acceptors (Lipinski definition) is 6. The summed E-state index contributed by atoms with van der Waals surface area (Å²) in [6, 6.07) is 5.16. The summed E-state index contributed by atoms with van der Waals surface area (Å²) < 4.78 is 6.97. The number of anilines is 1. The zero-order chi connectivity index (χ0) is 17.8. The molecule has 3 heterocycles. The number of nitrogens with one attached hydrogen (secondary N) is 2. The summed E-state index contributed by atoms with van der Waals surface area (Å²) in [4.78, 5) is 24.9. The Labute approximate surface area is 145 Å². The van der Waals surface area contributed by atoms with Crippen molar-refractivity contribution >= 4 is 11.7 Å². The zero-order valence-electron chi connectivity index (χ0n) is 14.4. The van der Waals surface area contributed by atoms with Gasteiger partial charge in [-0.1, -0.05) is 0 Å². The molecule has 3 aromatic heterocycles. The molecule has 0 unspecified atom stereocenters. The lowest BCUT2D eigenvalue weighted by atomic mass is 10.3. The lowest BCUT2D eigenvalue weighted by Gasteiger charge is -2.10. The Hall–Kier alpha value is -3.16. The third-order valence-corrected chi connectivity index (χ3v) is 3.78. The summed E-state index contributed by atoms with van der Waals surface area (Å²) in [5, 5.41) is 5.97. The fourth-order valence-electron chi connectivity index (χ4n) is 2.36. The van der Waals surface area contributed by atoms with Gasteiger partial charge >= 0.3 is 0 Å². The van der Waals surface area contributed by atoms with Crippen molar-refractivity contribution in [2.24, 2.45) is 0 Å². The van der Waals surface area contributed by atoms with Crippen LogP contribution in [0.4, 0.5) is 5.82 Å². The lowest BCUT2D eigenvalue weighted by molar-refractivity contribution is 0.0927. The zero-order valence-corrected chi connectivity index (χ0v) is 14.4. The highest BCUT2D eigenvalue weighted by Gasteiger charge is 2.09. The average Bonchev–Trinajstić information content (AvgIpc) is 3.22. The first kappa shape index (κ1) is 16.7. The first-order valence-corrected chi connectivity index (χ1v) is 7.97. The van der Waals surface area contributed by atoms with E-state index < -0.39 is 0 Å². The fourth-order valence-corrected chi connectivity index (χ4v) is 2.36. The second kappa shape index (κ2) is 7.16. The van der Waals surface area contributed by atoms with E-state index in [1.54, 1.807) is 18.5 Å². The van der Waals surface area contributed by atoms with Crippen LogP contribution < -0.4 is 10.6 Å². The van der Waals surface area contributed by atoms with Gasteiger partial charge in [-0.05, 0) is 32.9 Å². The van der Waals surface area contributed by atoms with E-state index in [1.807, 2.05) is 31.4 Å². The highest BCUT2D eigenvalue weighted by Crippen LogP contribution is 2.15. The van der Waals surface area contributed by atoms with Crippen LogP contribution in [0.25, 0.3) is 5.82 Å². The predicted octanol–water partition coefficient (Wildman–Crippen LogP) is 2.02. The first-order chi connectivity index (χ1) is 12.0. The van der Waals surface area contributed by atoms with Gasteiger partial charge in [0.15, 0.2) is 5.76 Å². The van der Waals surface area contributed by atoms with Gasteiger partial charge in [-0.25, -0.2) is 15.0 Å². The molecule has 8 nitrogen and oxygen atoms in total. The second-order valence-electron chi connectivity index (χ2n) is 5.60. The van der Waals surface area contributed by atoms with Crippen LogP contribution in [0.15, 0.2) is 35.2 Å².